The molecule has 3 aliphatic rings. The number of hydrogen-bond donors (Lipinski definition) is 1. The molecule has 4 heteroatoms. The minimum atomic E-state index is 0.247. The Morgan fingerprint density at radius 2 is 1.81 bits per heavy atom. The molecule has 2 unspecified atom stereocenters. The van der Waals surface area contributed by atoms with Crippen LogP contribution in [0.4, 0.5) is 0 Å². The number of amides is 1. The molecule has 2 saturated heterocycles. The van der Waals surface area contributed by atoms with E-state index in [0.717, 1.165) is 45.7 Å². The molecule has 21 heavy (non-hydrogen) atoms. The molecule has 1 aliphatic carbocycles. The Balaban J connectivity index is 1.28. The van der Waals surface area contributed by atoms with Crippen molar-refractivity contribution in [3.05, 3.63) is 35.9 Å². The quantitative estimate of drug-likeness (QED) is 0.896. The van der Waals surface area contributed by atoms with Crippen LogP contribution in [0.15, 0.2) is 30.3 Å². The van der Waals surface area contributed by atoms with Crippen LogP contribution in [0.5, 0.6) is 0 Å². The summed E-state index contributed by atoms with van der Waals surface area (Å²) in [4.78, 5) is 17.1. The van der Waals surface area contributed by atoms with E-state index in [1.54, 1.807) is 0 Å². The summed E-state index contributed by atoms with van der Waals surface area (Å²) in [6.45, 7) is 6.31. The van der Waals surface area contributed by atoms with E-state index in [-0.39, 0.29) is 5.92 Å². The Labute approximate surface area is 126 Å². The number of piperazine rings is 1. The standard InChI is InChI=1S/C17H23N3O/c21-17(16-10-15(16)13-4-2-1-3-5-13)20-11-14(12-20)19-8-6-18-7-9-19/h1-5,14-16,18H,6-12H2. The van der Waals surface area contributed by atoms with E-state index in [1.165, 1.54) is 5.56 Å². The van der Waals surface area contributed by atoms with Gasteiger partial charge in [-0.15, -0.1) is 0 Å². The second-order valence-electron chi connectivity index (χ2n) is 6.54. The molecule has 0 aromatic heterocycles. The van der Waals surface area contributed by atoms with Crippen LogP contribution >= 0.6 is 0 Å². The maximum atomic E-state index is 12.5. The van der Waals surface area contributed by atoms with E-state index < -0.39 is 0 Å². The van der Waals surface area contributed by atoms with Gasteiger partial charge in [0.1, 0.15) is 0 Å². The fourth-order valence-corrected chi connectivity index (χ4v) is 3.68. The van der Waals surface area contributed by atoms with Gasteiger partial charge >= 0.3 is 0 Å². The molecular weight excluding hydrogens is 262 g/mol. The molecule has 0 radical (unpaired) electrons. The molecule has 4 rings (SSSR count). The van der Waals surface area contributed by atoms with Crippen LogP contribution in [0.1, 0.15) is 17.9 Å². The lowest BCUT2D eigenvalue weighted by Crippen LogP contribution is -2.64. The molecule has 4 nitrogen and oxygen atoms in total. The zero-order chi connectivity index (χ0) is 14.2. The smallest absolute Gasteiger partial charge is 0.226 e. The van der Waals surface area contributed by atoms with Crippen molar-refractivity contribution in [2.45, 2.75) is 18.4 Å². The fourth-order valence-electron chi connectivity index (χ4n) is 3.68. The number of rotatable bonds is 3. The highest BCUT2D eigenvalue weighted by molar-refractivity contribution is 5.83. The van der Waals surface area contributed by atoms with Crippen molar-refractivity contribution in [3.8, 4) is 0 Å². The van der Waals surface area contributed by atoms with Crippen molar-refractivity contribution >= 4 is 5.91 Å². The average molecular weight is 285 g/mol. The third-order valence-electron chi connectivity index (χ3n) is 5.18. The van der Waals surface area contributed by atoms with Crippen LogP contribution in [0.3, 0.4) is 0 Å². The van der Waals surface area contributed by atoms with Crippen LogP contribution < -0.4 is 5.32 Å². The van der Waals surface area contributed by atoms with Gasteiger partial charge in [0.2, 0.25) is 5.91 Å². The van der Waals surface area contributed by atoms with Crippen LogP contribution in [-0.2, 0) is 4.79 Å². The molecule has 1 N–H and O–H groups in total. The van der Waals surface area contributed by atoms with Gasteiger partial charge in [-0.3, -0.25) is 9.69 Å². The molecule has 0 spiro atoms. The third kappa shape index (κ3) is 2.58. The molecule has 2 heterocycles. The van der Waals surface area contributed by atoms with Crippen molar-refractivity contribution < 1.29 is 4.79 Å². The van der Waals surface area contributed by atoms with Crippen LogP contribution in [0, 0.1) is 5.92 Å². The predicted octanol–water partition coefficient (Wildman–Crippen LogP) is 0.906. The van der Waals surface area contributed by atoms with Gasteiger partial charge in [-0.2, -0.15) is 0 Å². The molecule has 2 aliphatic heterocycles. The Kier molecular flexibility index (Phi) is 3.43. The second-order valence-corrected chi connectivity index (χ2v) is 6.54. The Morgan fingerprint density at radius 3 is 2.52 bits per heavy atom. The first-order valence-electron chi connectivity index (χ1n) is 8.11. The molecule has 112 valence electrons. The average Bonchev–Trinajstić information content (AvgIpc) is 3.28. The van der Waals surface area contributed by atoms with Crippen molar-refractivity contribution in [2.75, 3.05) is 39.3 Å². The van der Waals surface area contributed by atoms with Gasteiger partial charge in [0.05, 0.1) is 0 Å². The van der Waals surface area contributed by atoms with Crippen molar-refractivity contribution in [2.24, 2.45) is 5.92 Å². The summed E-state index contributed by atoms with van der Waals surface area (Å²) in [6, 6.07) is 11.1. The first-order valence-corrected chi connectivity index (χ1v) is 8.11. The van der Waals surface area contributed by atoms with Gasteiger partial charge in [0.25, 0.3) is 0 Å². The van der Waals surface area contributed by atoms with Gasteiger partial charge < -0.3 is 10.2 Å². The summed E-state index contributed by atoms with van der Waals surface area (Å²) in [5.74, 6) is 1.10. The summed E-state index contributed by atoms with van der Waals surface area (Å²) >= 11 is 0. The lowest BCUT2D eigenvalue weighted by molar-refractivity contribution is -0.140. The zero-order valence-corrected chi connectivity index (χ0v) is 12.4. The normalized spacial score (nSPS) is 30.0. The van der Waals surface area contributed by atoms with Crippen LogP contribution in [-0.4, -0.2) is 61.0 Å². The number of likely N-dealkylation sites (tertiary alicyclic amines) is 1. The van der Waals surface area contributed by atoms with E-state index in [9.17, 15) is 4.79 Å². The number of hydrogen-bond acceptors (Lipinski definition) is 3. The van der Waals surface area contributed by atoms with E-state index in [1.807, 2.05) is 6.07 Å². The first-order chi connectivity index (χ1) is 10.3. The third-order valence-corrected chi connectivity index (χ3v) is 5.18. The molecule has 1 amide bonds. The Bertz CT molecular complexity index is 506. The lowest BCUT2D eigenvalue weighted by Gasteiger charge is -2.47. The highest BCUT2D eigenvalue weighted by Gasteiger charge is 2.48. The maximum Gasteiger partial charge on any atom is 0.226 e. The second kappa shape index (κ2) is 5.43. The largest absolute Gasteiger partial charge is 0.339 e. The van der Waals surface area contributed by atoms with Gasteiger partial charge in [-0.05, 0) is 17.9 Å². The van der Waals surface area contributed by atoms with E-state index in [4.69, 9.17) is 0 Å². The summed E-state index contributed by atoms with van der Waals surface area (Å²) in [6.07, 6.45) is 1.04. The molecule has 3 fully saturated rings. The Morgan fingerprint density at radius 1 is 1.10 bits per heavy atom. The first kappa shape index (κ1) is 13.3. The SMILES string of the molecule is O=C(C1CC1c1ccccc1)N1CC(N2CCNCC2)C1. The van der Waals surface area contributed by atoms with Crippen molar-refractivity contribution in [1.29, 1.82) is 0 Å². The summed E-state index contributed by atoms with van der Waals surface area (Å²) in [7, 11) is 0. The number of nitrogens with one attached hydrogen (secondary N) is 1. The lowest BCUT2D eigenvalue weighted by atomic mass is 10.0. The van der Waals surface area contributed by atoms with Gasteiger partial charge in [0, 0.05) is 51.2 Å². The Hall–Kier alpha value is -1.39. The molecule has 1 saturated carbocycles. The summed E-state index contributed by atoms with van der Waals surface area (Å²) in [5.41, 5.74) is 1.33. The zero-order valence-electron chi connectivity index (χ0n) is 12.4. The topological polar surface area (TPSA) is 35.6 Å². The highest BCUT2D eigenvalue weighted by Crippen LogP contribution is 2.48. The molecule has 2 atom stereocenters. The fraction of sp³-hybridized carbons (Fsp3) is 0.588. The van der Waals surface area contributed by atoms with Crippen molar-refractivity contribution in [1.82, 2.24) is 15.1 Å². The van der Waals surface area contributed by atoms with E-state index >= 15 is 0 Å². The predicted molar refractivity (Wildman–Crippen MR) is 82.1 cm³/mol. The molecule has 1 aromatic carbocycles. The maximum absolute atomic E-state index is 12.5. The molecule has 0 bridgehead atoms. The molecule has 1 aromatic rings. The van der Waals surface area contributed by atoms with Crippen LogP contribution in [0.2, 0.25) is 0 Å². The van der Waals surface area contributed by atoms with Gasteiger partial charge in [-0.25, -0.2) is 0 Å². The van der Waals surface area contributed by atoms with Gasteiger partial charge in [0.15, 0.2) is 0 Å². The van der Waals surface area contributed by atoms with Crippen molar-refractivity contribution in [3.63, 3.8) is 0 Å². The minimum Gasteiger partial charge on any atom is -0.339 e. The number of carbonyl (C=O) groups is 1. The minimum absolute atomic E-state index is 0.247. The van der Waals surface area contributed by atoms with Crippen LogP contribution in [0.25, 0.3) is 0 Å². The monoisotopic (exact) mass is 285 g/mol. The number of benzene rings is 1. The van der Waals surface area contributed by atoms with E-state index in [0.29, 0.717) is 17.9 Å². The highest BCUT2D eigenvalue weighted by atomic mass is 16.2. The number of nitrogens with zero attached hydrogens (tertiary/aromatic N) is 2. The van der Waals surface area contributed by atoms with Gasteiger partial charge in [-0.1, -0.05) is 30.3 Å². The number of carbonyl (C=O) groups excluding carboxylic acids is 1. The van der Waals surface area contributed by atoms with E-state index in [2.05, 4.69) is 39.4 Å². The summed E-state index contributed by atoms with van der Waals surface area (Å²) < 4.78 is 0. The molecular formula is C17H23N3O. The summed E-state index contributed by atoms with van der Waals surface area (Å²) in [5, 5.41) is 3.38.